The molecule has 29 heavy (non-hydrogen) atoms. The molecule has 1 heterocycles. The molecule has 0 bridgehead atoms. The van der Waals surface area contributed by atoms with Gasteiger partial charge in [0.2, 0.25) is 0 Å². The number of ether oxygens (including phenoxy) is 1. The molecular formula is C21H23N5O3. The lowest BCUT2D eigenvalue weighted by atomic mass is 10.1. The molecule has 8 nitrogen and oxygen atoms in total. The number of hydrogen-bond acceptors (Lipinski definition) is 6. The first-order valence-electron chi connectivity index (χ1n) is 9.37. The van der Waals surface area contributed by atoms with Crippen LogP contribution in [0.15, 0.2) is 60.9 Å². The fourth-order valence-electron chi connectivity index (χ4n) is 2.94. The minimum Gasteiger partial charge on any atom is -0.454 e. The highest BCUT2D eigenvalue weighted by molar-refractivity contribution is 5.81. The summed E-state index contributed by atoms with van der Waals surface area (Å²) in [5.41, 5.74) is 3.29. The molecule has 1 amide bonds. The van der Waals surface area contributed by atoms with E-state index in [0.717, 1.165) is 5.56 Å². The van der Waals surface area contributed by atoms with Crippen molar-refractivity contribution in [3.63, 3.8) is 0 Å². The lowest BCUT2D eigenvalue weighted by Gasteiger charge is -2.15. The van der Waals surface area contributed by atoms with E-state index in [4.69, 9.17) is 4.74 Å². The topological polar surface area (TPSA) is 99.0 Å². The molecule has 0 saturated carbocycles. The van der Waals surface area contributed by atoms with Crippen LogP contribution in [0.25, 0.3) is 0 Å². The third kappa shape index (κ3) is 5.97. The highest BCUT2D eigenvalue weighted by atomic mass is 16.5. The summed E-state index contributed by atoms with van der Waals surface area (Å²) < 4.78 is 6.56. The van der Waals surface area contributed by atoms with E-state index in [1.54, 1.807) is 0 Å². The smallest absolute Gasteiger partial charge is 0.331 e. The van der Waals surface area contributed by atoms with Crippen LogP contribution in [0, 0.1) is 6.92 Å². The Kier molecular flexibility index (Phi) is 7.05. The Morgan fingerprint density at radius 1 is 1.10 bits per heavy atom. The molecular weight excluding hydrogens is 370 g/mol. The quantitative estimate of drug-likeness (QED) is 0.555. The number of aryl methyl sites for hydroxylation is 1. The molecule has 0 spiro atoms. The molecule has 0 radical (unpaired) electrons. The number of esters is 1. The van der Waals surface area contributed by atoms with Gasteiger partial charge in [0.15, 0.2) is 12.6 Å². The van der Waals surface area contributed by atoms with Crippen LogP contribution < -0.4 is 5.32 Å². The van der Waals surface area contributed by atoms with Gasteiger partial charge < -0.3 is 10.1 Å². The van der Waals surface area contributed by atoms with Gasteiger partial charge in [-0.2, -0.15) is 0 Å². The van der Waals surface area contributed by atoms with Gasteiger partial charge in [0.05, 0.1) is 0 Å². The van der Waals surface area contributed by atoms with Crippen molar-refractivity contribution in [3.05, 3.63) is 77.6 Å². The second-order valence-electron chi connectivity index (χ2n) is 6.63. The van der Waals surface area contributed by atoms with Gasteiger partial charge in [-0.05, 0) is 40.5 Å². The summed E-state index contributed by atoms with van der Waals surface area (Å²) in [5, 5.41) is 13.7. The first-order chi connectivity index (χ1) is 14.1. The summed E-state index contributed by atoms with van der Waals surface area (Å²) in [4.78, 5) is 24.6. The van der Waals surface area contributed by atoms with Crippen LogP contribution in [0.1, 0.15) is 22.7 Å². The maximum atomic E-state index is 12.6. The van der Waals surface area contributed by atoms with Crippen molar-refractivity contribution in [2.45, 2.75) is 25.8 Å². The van der Waals surface area contributed by atoms with E-state index >= 15 is 0 Å². The van der Waals surface area contributed by atoms with E-state index in [9.17, 15) is 9.59 Å². The second-order valence-corrected chi connectivity index (χ2v) is 6.63. The zero-order chi connectivity index (χ0) is 20.5. The summed E-state index contributed by atoms with van der Waals surface area (Å²) in [7, 11) is 0. The van der Waals surface area contributed by atoms with Gasteiger partial charge in [0.1, 0.15) is 6.33 Å². The summed E-state index contributed by atoms with van der Waals surface area (Å²) in [6.45, 7) is 2.16. The molecule has 0 fully saturated rings. The van der Waals surface area contributed by atoms with E-state index in [2.05, 4.69) is 20.8 Å². The van der Waals surface area contributed by atoms with Gasteiger partial charge in [0, 0.05) is 13.0 Å². The third-order valence-corrected chi connectivity index (χ3v) is 4.55. The molecule has 0 aliphatic rings. The molecule has 1 N–H and O–H groups in total. The maximum absolute atomic E-state index is 12.6. The van der Waals surface area contributed by atoms with E-state index in [-0.39, 0.29) is 12.5 Å². The van der Waals surface area contributed by atoms with Crippen LogP contribution >= 0.6 is 0 Å². The first kappa shape index (κ1) is 20.2. The molecule has 1 atom stereocenters. The number of nitrogens with one attached hydrogen (secondary N) is 1. The first-order valence-corrected chi connectivity index (χ1v) is 9.37. The van der Waals surface area contributed by atoms with Crippen molar-refractivity contribution in [2.24, 2.45) is 0 Å². The molecule has 0 aliphatic heterocycles. The SMILES string of the molecule is Cc1ccccc1CCNC(=O)COC(=O)[C@H](Cc1ccccc1)n1cnnn1. The number of aromatic nitrogens is 4. The van der Waals surface area contributed by atoms with Crippen molar-refractivity contribution < 1.29 is 14.3 Å². The highest BCUT2D eigenvalue weighted by Gasteiger charge is 2.24. The van der Waals surface area contributed by atoms with E-state index in [1.807, 2.05) is 61.5 Å². The van der Waals surface area contributed by atoms with Gasteiger partial charge in [-0.15, -0.1) is 5.10 Å². The van der Waals surface area contributed by atoms with Crippen molar-refractivity contribution in [2.75, 3.05) is 13.2 Å². The number of amides is 1. The summed E-state index contributed by atoms with van der Waals surface area (Å²) in [6.07, 6.45) is 2.43. The molecule has 1 aromatic heterocycles. The zero-order valence-corrected chi connectivity index (χ0v) is 16.2. The number of carbonyl (C=O) groups is 2. The van der Waals surface area contributed by atoms with Crippen molar-refractivity contribution in [3.8, 4) is 0 Å². The predicted octanol–water partition coefficient (Wildman–Crippen LogP) is 1.67. The van der Waals surface area contributed by atoms with Gasteiger partial charge in [-0.1, -0.05) is 54.6 Å². The van der Waals surface area contributed by atoms with Crippen LogP contribution in [-0.2, 0) is 27.2 Å². The number of benzene rings is 2. The molecule has 0 saturated heterocycles. The molecule has 2 aromatic carbocycles. The monoisotopic (exact) mass is 393 g/mol. The second kappa shape index (κ2) is 10.1. The van der Waals surface area contributed by atoms with Crippen molar-refractivity contribution >= 4 is 11.9 Å². The number of hydrogen-bond donors (Lipinski definition) is 1. The van der Waals surface area contributed by atoms with E-state index in [0.29, 0.717) is 19.4 Å². The Bertz CT molecular complexity index is 929. The maximum Gasteiger partial charge on any atom is 0.331 e. The average molecular weight is 393 g/mol. The molecule has 0 aliphatic carbocycles. The van der Waals surface area contributed by atoms with E-state index in [1.165, 1.54) is 22.1 Å². The van der Waals surface area contributed by atoms with Crippen LogP contribution in [0.2, 0.25) is 0 Å². The summed E-state index contributed by atoms with van der Waals surface area (Å²) in [5.74, 6) is -0.905. The Hall–Kier alpha value is -3.55. The van der Waals surface area contributed by atoms with Crippen LogP contribution in [0.3, 0.4) is 0 Å². The molecule has 0 unspecified atom stereocenters. The normalized spacial score (nSPS) is 11.6. The third-order valence-electron chi connectivity index (χ3n) is 4.55. The fourth-order valence-corrected chi connectivity index (χ4v) is 2.94. The largest absolute Gasteiger partial charge is 0.454 e. The highest BCUT2D eigenvalue weighted by Crippen LogP contribution is 2.14. The summed E-state index contributed by atoms with van der Waals surface area (Å²) >= 11 is 0. The van der Waals surface area contributed by atoms with Gasteiger partial charge in [-0.3, -0.25) is 4.79 Å². The average Bonchev–Trinajstić information content (AvgIpc) is 3.27. The summed E-state index contributed by atoms with van der Waals surface area (Å²) in [6, 6.07) is 16.8. The van der Waals surface area contributed by atoms with Crippen LogP contribution in [-0.4, -0.2) is 45.2 Å². The van der Waals surface area contributed by atoms with Gasteiger partial charge in [-0.25, -0.2) is 9.48 Å². The number of tetrazole rings is 1. The molecule has 3 rings (SSSR count). The Labute approximate surface area is 168 Å². The number of nitrogens with zero attached hydrogens (tertiary/aromatic N) is 4. The minimum atomic E-state index is -0.743. The van der Waals surface area contributed by atoms with Crippen LogP contribution in [0.4, 0.5) is 0 Å². The number of carbonyl (C=O) groups excluding carboxylic acids is 2. The Morgan fingerprint density at radius 3 is 2.59 bits per heavy atom. The molecule has 150 valence electrons. The van der Waals surface area contributed by atoms with Gasteiger partial charge in [0.25, 0.3) is 5.91 Å². The van der Waals surface area contributed by atoms with E-state index < -0.39 is 12.0 Å². The Morgan fingerprint density at radius 2 is 1.86 bits per heavy atom. The van der Waals surface area contributed by atoms with Crippen molar-refractivity contribution in [1.82, 2.24) is 25.5 Å². The zero-order valence-electron chi connectivity index (χ0n) is 16.2. The lowest BCUT2D eigenvalue weighted by molar-refractivity contribution is -0.152. The molecule has 3 aromatic rings. The van der Waals surface area contributed by atoms with Gasteiger partial charge >= 0.3 is 5.97 Å². The number of rotatable bonds is 9. The minimum absolute atomic E-state index is 0.345. The predicted molar refractivity (Wildman–Crippen MR) is 106 cm³/mol. The Balaban J connectivity index is 1.50. The standard InChI is InChI=1S/C21H23N5O3/c1-16-7-5-6-10-18(16)11-12-22-20(27)14-29-21(28)19(26-15-23-24-25-26)13-17-8-3-2-4-9-17/h2-10,15,19H,11-14H2,1H3,(H,22,27)/t19-/m0/s1. The van der Waals surface area contributed by atoms with Crippen molar-refractivity contribution in [1.29, 1.82) is 0 Å². The lowest BCUT2D eigenvalue weighted by Crippen LogP contribution is -2.33. The van der Waals surface area contributed by atoms with Crippen LogP contribution in [0.5, 0.6) is 0 Å². The molecule has 8 heteroatoms. The fraction of sp³-hybridized carbons (Fsp3) is 0.286.